The van der Waals surface area contributed by atoms with Crippen molar-refractivity contribution in [2.75, 3.05) is 7.11 Å². The van der Waals surface area contributed by atoms with Crippen LogP contribution in [0, 0.1) is 0 Å². The van der Waals surface area contributed by atoms with E-state index in [1.807, 2.05) is 52.7 Å². The van der Waals surface area contributed by atoms with Crippen LogP contribution in [0.5, 0.6) is 11.5 Å². The fourth-order valence-corrected chi connectivity index (χ4v) is 4.21. The summed E-state index contributed by atoms with van der Waals surface area (Å²) in [5, 5.41) is 2.91. The van der Waals surface area contributed by atoms with Crippen LogP contribution >= 0.6 is 11.3 Å². The fraction of sp³-hybridized carbons (Fsp3) is 0.385. The second kappa shape index (κ2) is 11.1. The number of amides is 1. The van der Waals surface area contributed by atoms with Gasteiger partial charge < -0.3 is 14.4 Å². The Kier molecular flexibility index (Phi) is 8.28. The molecular weight excluding hydrogens is 420 g/mol. The first-order valence-electron chi connectivity index (χ1n) is 11.0. The number of aromatic nitrogens is 1. The number of rotatable bonds is 10. The molecule has 3 rings (SSSR count). The van der Waals surface area contributed by atoms with Gasteiger partial charge >= 0.3 is 0 Å². The molecule has 0 saturated heterocycles. The highest BCUT2D eigenvalue weighted by molar-refractivity contribution is 7.09. The molecule has 0 fully saturated rings. The highest BCUT2D eigenvalue weighted by Crippen LogP contribution is 2.27. The number of carbonyl (C=O) groups is 1. The predicted molar refractivity (Wildman–Crippen MR) is 130 cm³/mol. The van der Waals surface area contributed by atoms with Gasteiger partial charge in [-0.15, -0.1) is 11.3 Å². The SMILES string of the molecule is CCC(C)N(Cc1csc(COc2ccccc2C(C)C)n1)C(=O)c1ccccc1OC. The van der Waals surface area contributed by atoms with Gasteiger partial charge in [0.15, 0.2) is 0 Å². The largest absolute Gasteiger partial charge is 0.496 e. The molecule has 170 valence electrons. The number of carbonyl (C=O) groups excluding carboxylic acids is 1. The van der Waals surface area contributed by atoms with Crippen molar-refractivity contribution in [3.8, 4) is 11.5 Å². The molecule has 1 unspecified atom stereocenters. The number of thiazole rings is 1. The lowest BCUT2D eigenvalue weighted by Gasteiger charge is -2.28. The number of nitrogens with zero attached hydrogens (tertiary/aromatic N) is 2. The summed E-state index contributed by atoms with van der Waals surface area (Å²) >= 11 is 1.56. The van der Waals surface area contributed by atoms with Crippen molar-refractivity contribution in [3.05, 3.63) is 75.7 Å². The van der Waals surface area contributed by atoms with Crippen molar-refractivity contribution in [1.29, 1.82) is 0 Å². The number of ether oxygens (including phenoxy) is 2. The average Bonchev–Trinajstić information content (AvgIpc) is 3.27. The van der Waals surface area contributed by atoms with E-state index in [0.717, 1.165) is 22.9 Å². The van der Waals surface area contributed by atoms with E-state index in [0.29, 0.717) is 30.4 Å². The summed E-state index contributed by atoms with van der Waals surface area (Å²) < 4.78 is 11.5. The quantitative estimate of drug-likeness (QED) is 0.362. The standard InChI is InChI=1S/C26H32N2O3S/c1-6-19(4)28(26(29)22-12-8-9-13-23(22)30-5)15-20-17-32-25(27-20)16-31-24-14-10-7-11-21(24)18(2)3/h7-14,17-19H,6,15-16H2,1-5H3. The molecule has 0 saturated carbocycles. The minimum Gasteiger partial charge on any atom is -0.496 e. The molecule has 0 spiro atoms. The van der Waals surface area contributed by atoms with Gasteiger partial charge in [-0.2, -0.15) is 0 Å². The topological polar surface area (TPSA) is 51.7 Å². The van der Waals surface area contributed by atoms with E-state index in [2.05, 4.69) is 33.8 Å². The molecule has 1 heterocycles. The second-order valence-corrected chi connectivity index (χ2v) is 9.05. The molecule has 1 aromatic heterocycles. The lowest BCUT2D eigenvalue weighted by atomic mass is 10.0. The normalized spacial score (nSPS) is 11.9. The lowest BCUT2D eigenvalue weighted by molar-refractivity contribution is 0.0665. The first-order valence-corrected chi connectivity index (χ1v) is 11.9. The molecule has 0 aliphatic rings. The van der Waals surface area contributed by atoms with E-state index in [9.17, 15) is 4.79 Å². The van der Waals surface area contributed by atoms with Gasteiger partial charge in [0.05, 0.1) is 24.9 Å². The van der Waals surface area contributed by atoms with Gasteiger partial charge in [-0.05, 0) is 43.0 Å². The second-order valence-electron chi connectivity index (χ2n) is 8.10. The van der Waals surface area contributed by atoms with Crippen molar-refractivity contribution in [3.63, 3.8) is 0 Å². The zero-order valence-corrected chi connectivity index (χ0v) is 20.3. The smallest absolute Gasteiger partial charge is 0.258 e. The van der Waals surface area contributed by atoms with Crippen LogP contribution in [0.4, 0.5) is 0 Å². The number of benzene rings is 2. The van der Waals surface area contributed by atoms with Crippen molar-refractivity contribution in [2.24, 2.45) is 0 Å². The van der Waals surface area contributed by atoms with E-state index < -0.39 is 0 Å². The average molecular weight is 453 g/mol. The molecular formula is C26H32N2O3S. The van der Waals surface area contributed by atoms with Gasteiger partial charge in [0.1, 0.15) is 23.1 Å². The molecule has 6 heteroatoms. The Balaban J connectivity index is 1.73. The lowest BCUT2D eigenvalue weighted by Crippen LogP contribution is -2.38. The molecule has 0 aliphatic heterocycles. The van der Waals surface area contributed by atoms with Crippen LogP contribution in [0.2, 0.25) is 0 Å². The minimum absolute atomic E-state index is 0.0477. The first-order chi connectivity index (χ1) is 15.4. The summed E-state index contributed by atoms with van der Waals surface area (Å²) in [4.78, 5) is 20.0. The fourth-order valence-electron chi connectivity index (χ4n) is 3.52. The van der Waals surface area contributed by atoms with Crippen LogP contribution in [0.1, 0.15) is 66.7 Å². The van der Waals surface area contributed by atoms with Crippen LogP contribution in [0.25, 0.3) is 0 Å². The van der Waals surface area contributed by atoms with Gasteiger partial charge in [0.25, 0.3) is 5.91 Å². The number of hydrogen-bond acceptors (Lipinski definition) is 5. The third-order valence-electron chi connectivity index (χ3n) is 5.54. The highest BCUT2D eigenvalue weighted by Gasteiger charge is 2.24. The van der Waals surface area contributed by atoms with Gasteiger partial charge in [0, 0.05) is 11.4 Å². The first kappa shape index (κ1) is 23.8. The van der Waals surface area contributed by atoms with Crippen molar-refractivity contribution >= 4 is 17.2 Å². The molecule has 2 aromatic carbocycles. The summed E-state index contributed by atoms with van der Waals surface area (Å²) in [6.07, 6.45) is 0.854. The Morgan fingerprint density at radius 1 is 1.06 bits per heavy atom. The van der Waals surface area contributed by atoms with Crippen molar-refractivity contribution in [1.82, 2.24) is 9.88 Å². The zero-order valence-electron chi connectivity index (χ0n) is 19.5. The molecule has 1 amide bonds. The Morgan fingerprint density at radius 3 is 2.44 bits per heavy atom. The van der Waals surface area contributed by atoms with Gasteiger partial charge in [-0.1, -0.05) is 51.1 Å². The number of para-hydroxylation sites is 2. The van der Waals surface area contributed by atoms with E-state index in [4.69, 9.17) is 14.5 Å². The third kappa shape index (κ3) is 5.68. The predicted octanol–water partition coefficient (Wildman–Crippen LogP) is 6.30. The van der Waals surface area contributed by atoms with Crippen LogP contribution in [0.15, 0.2) is 53.9 Å². The Hall–Kier alpha value is -2.86. The van der Waals surface area contributed by atoms with Crippen LogP contribution < -0.4 is 9.47 Å². The third-order valence-corrected chi connectivity index (χ3v) is 6.42. The number of hydrogen-bond donors (Lipinski definition) is 0. The molecule has 0 radical (unpaired) electrons. The van der Waals surface area contributed by atoms with Crippen molar-refractivity contribution in [2.45, 2.75) is 59.2 Å². The van der Waals surface area contributed by atoms with Gasteiger partial charge in [-0.25, -0.2) is 4.98 Å². The Labute approximate surface area is 195 Å². The molecule has 5 nitrogen and oxygen atoms in total. The monoisotopic (exact) mass is 452 g/mol. The van der Waals surface area contributed by atoms with Crippen LogP contribution in [0.3, 0.4) is 0 Å². The van der Waals surface area contributed by atoms with E-state index in [-0.39, 0.29) is 11.9 Å². The summed E-state index contributed by atoms with van der Waals surface area (Å²) in [6.45, 7) is 9.33. The summed E-state index contributed by atoms with van der Waals surface area (Å²) in [6, 6.07) is 15.5. The molecule has 32 heavy (non-hydrogen) atoms. The van der Waals surface area contributed by atoms with Crippen LogP contribution in [-0.4, -0.2) is 28.9 Å². The van der Waals surface area contributed by atoms with Gasteiger partial charge in [-0.3, -0.25) is 4.79 Å². The van der Waals surface area contributed by atoms with E-state index >= 15 is 0 Å². The molecule has 0 bridgehead atoms. The minimum atomic E-state index is -0.0477. The molecule has 1 atom stereocenters. The van der Waals surface area contributed by atoms with E-state index in [1.165, 1.54) is 5.56 Å². The summed E-state index contributed by atoms with van der Waals surface area (Å²) in [5.74, 6) is 1.82. The summed E-state index contributed by atoms with van der Waals surface area (Å²) in [7, 11) is 1.59. The van der Waals surface area contributed by atoms with E-state index in [1.54, 1.807) is 18.4 Å². The maximum absolute atomic E-state index is 13.3. The van der Waals surface area contributed by atoms with Gasteiger partial charge in [0.2, 0.25) is 0 Å². The Bertz CT molecular complexity index is 1030. The number of methoxy groups -OCH3 is 1. The molecule has 3 aromatic rings. The maximum atomic E-state index is 13.3. The van der Waals surface area contributed by atoms with Crippen LogP contribution in [-0.2, 0) is 13.2 Å². The van der Waals surface area contributed by atoms with Crippen molar-refractivity contribution < 1.29 is 14.3 Å². The maximum Gasteiger partial charge on any atom is 0.258 e. The zero-order chi connectivity index (χ0) is 23.1. The summed E-state index contributed by atoms with van der Waals surface area (Å²) in [5.41, 5.74) is 2.63. The molecule has 0 aliphatic carbocycles. The highest BCUT2D eigenvalue weighted by atomic mass is 32.1. The Morgan fingerprint density at radius 2 is 1.75 bits per heavy atom. The molecule has 0 N–H and O–H groups in total.